The third-order valence-electron chi connectivity index (χ3n) is 2.69. The minimum absolute atomic E-state index is 0.316. The summed E-state index contributed by atoms with van der Waals surface area (Å²) in [5.74, 6) is 1.10. The van der Waals surface area contributed by atoms with Crippen molar-refractivity contribution >= 4 is 39.7 Å². The minimum atomic E-state index is 0.316. The maximum absolute atomic E-state index is 8.73. The normalized spacial score (nSPS) is 9.71. The standard InChI is InChI=1S/C15H13N3OS2/c1-19-14-4-2-12(3-5-14)18(15(20)21-11-8-16)13-6-9-17-10-7-13/h2-7,9-10H,11H2,1H3. The smallest absolute Gasteiger partial charge is 0.146 e. The van der Waals surface area contributed by atoms with Crippen LogP contribution < -0.4 is 9.64 Å². The van der Waals surface area contributed by atoms with Crippen molar-refractivity contribution < 1.29 is 4.74 Å². The Morgan fingerprint density at radius 3 is 2.43 bits per heavy atom. The van der Waals surface area contributed by atoms with Crippen molar-refractivity contribution in [1.82, 2.24) is 4.98 Å². The van der Waals surface area contributed by atoms with Crippen molar-refractivity contribution in [3.63, 3.8) is 0 Å². The average molecular weight is 315 g/mol. The number of pyridine rings is 1. The monoisotopic (exact) mass is 315 g/mol. The van der Waals surface area contributed by atoms with Gasteiger partial charge in [-0.15, -0.1) is 0 Å². The highest BCUT2D eigenvalue weighted by atomic mass is 32.2. The quantitative estimate of drug-likeness (QED) is 0.801. The van der Waals surface area contributed by atoms with E-state index >= 15 is 0 Å². The van der Waals surface area contributed by atoms with Crippen LogP contribution in [0.2, 0.25) is 0 Å². The zero-order chi connectivity index (χ0) is 15.1. The molecule has 0 unspecified atom stereocenters. The Bertz CT molecular complexity index is 638. The number of nitriles is 1. The molecule has 0 aliphatic heterocycles. The molecule has 21 heavy (non-hydrogen) atoms. The number of benzene rings is 1. The van der Waals surface area contributed by atoms with Crippen molar-refractivity contribution in [2.45, 2.75) is 0 Å². The molecule has 0 radical (unpaired) electrons. The molecule has 1 aromatic carbocycles. The van der Waals surface area contributed by atoms with E-state index in [0.29, 0.717) is 10.1 Å². The van der Waals surface area contributed by atoms with Gasteiger partial charge in [0.2, 0.25) is 0 Å². The molecule has 0 bridgehead atoms. The number of thiocarbonyl (C=S) groups is 1. The highest BCUT2D eigenvalue weighted by molar-refractivity contribution is 8.23. The SMILES string of the molecule is COc1ccc(N(C(=S)SCC#N)c2ccncc2)cc1. The topological polar surface area (TPSA) is 49.1 Å². The fourth-order valence-corrected chi connectivity index (χ4v) is 2.66. The molecule has 1 aromatic heterocycles. The Morgan fingerprint density at radius 2 is 1.86 bits per heavy atom. The molecule has 0 aliphatic carbocycles. The van der Waals surface area contributed by atoms with Crippen LogP contribution in [0.1, 0.15) is 0 Å². The molecule has 1 heterocycles. The maximum atomic E-state index is 8.73. The predicted molar refractivity (Wildman–Crippen MR) is 90.0 cm³/mol. The summed E-state index contributed by atoms with van der Waals surface area (Å²) >= 11 is 6.78. The molecule has 0 spiro atoms. The van der Waals surface area contributed by atoms with Gasteiger partial charge in [0, 0.05) is 18.1 Å². The van der Waals surface area contributed by atoms with Gasteiger partial charge in [0.15, 0.2) is 0 Å². The van der Waals surface area contributed by atoms with Crippen molar-refractivity contribution in [3.05, 3.63) is 48.8 Å². The number of ether oxygens (including phenoxy) is 1. The van der Waals surface area contributed by atoms with E-state index in [1.54, 1.807) is 19.5 Å². The first-order valence-corrected chi connectivity index (χ1v) is 7.53. The molecule has 6 heteroatoms. The first-order valence-electron chi connectivity index (χ1n) is 6.14. The van der Waals surface area contributed by atoms with Crippen LogP contribution in [-0.4, -0.2) is 22.2 Å². The second kappa shape index (κ2) is 7.62. The van der Waals surface area contributed by atoms with Crippen LogP contribution in [0.15, 0.2) is 48.8 Å². The molecule has 0 N–H and O–H groups in total. The van der Waals surface area contributed by atoms with E-state index in [-0.39, 0.29) is 0 Å². The van der Waals surface area contributed by atoms with Gasteiger partial charge in [0.1, 0.15) is 10.1 Å². The van der Waals surface area contributed by atoms with Gasteiger partial charge in [-0.3, -0.25) is 9.88 Å². The summed E-state index contributed by atoms with van der Waals surface area (Å²) in [7, 11) is 1.63. The molecular formula is C15H13N3OS2. The van der Waals surface area contributed by atoms with Crippen LogP contribution in [0.5, 0.6) is 5.75 Å². The first-order chi connectivity index (χ1) is 10.3. The lowest BCUT2D eigenvalue weighted by Gasteiger charge is -2.24. The Morgan fingerprint density at radius 1 is 1.24 bits per heavy atom. The Hall–Kier alpha value is -2.10. The fourth-order valence-electron chi connectivity index (χ4n) is 1.74. The summed E-state index contributed by atoms with van der Waals surface area (Å²) in [6, 6.07) is 13.5. The highest BCUT2D eigenvalue weighted by Gasteiger charge is 2.15. The Kier molecular flexibility index (Phi) is 5.55. The molecular weight excluding hydrogens is 302 g/mol. The van der Waals surface area contributed by atoms with E-state index in [2.05, 4.69) is 11.1 Å². The summed E-state index contributed by atoms with van der Waals surface area (Å²) in [5, 5.41) is 8.73. The van der Waals surface area contributed by atoms with Gasteiger partial charge in [-0.2, -0.15) is 5.26 Å². The van der Waals surface area contributed by atoms with Crippen molar-refractivity contribution in [2.75, 3.05) is 17.8 Å². The predicted octanol–water partition coefficient (Wildman–Crippen LogP) is 3.77. The van der Waals surface area contributed by atoms with E-state index in [9.17, 15) is 0 Å². The summed E-state index contributed by atoms with van der Waals surface area (Å²) in [4.78, 5) is 5.94. The Labute approximate surface area is 133 Å². The molecule has 106 valence electrons. The number of aromatic nitrogens is 1. The number of methoxy groups -OCH3 is 1. The first kappa shape index (κ1) is 15.3. The second-order valence-corrected chi connectivity index (χ2v) is 5.56. The maximum Gasteiger partial charge on any atom is 0.146 e. The van der Waals surface area contributed by atoms with Gasteiger partial charge in [-0.1, -0.05) is 24.0 Å². The van der Waals surface area contributed by atoms with E-state index in [4.69, 9.17) is 22.2 Å². The van der Waals surface area contributed by atoms with Crippen molar-refractivity contribution in [2.24, 2.45) is 0 Å². The molecule has 2 rings (SSSR count). The van der Waals surface area contributed by atoms with Crippen LogP contribution in [0.25, 0.3) is 0 Å². The number of thioether (sulfide) groups is 1. The summed E-state index contributed by atoms with van der Waals surface area (Å²) in [6.07, 6.45) is 3.42. The molecule has 0 aliphatic rings. The molecule has 0 atom stereocenters. The van der Waals surface area contributed by atoms with E-state index in [1.807, 2.05) is 41.3 Å². The highest BCUT2D eigenvalue weighted by Crippen LogP contribution is 2.30. The van der Waals surface area contributed by atoms with Gasteiger partial charge >= 0.3 is 0 Å². The zero-order valence-electron chi connectivity index (χ0n) is 11.4. The van der Waals surface area contributed by atoms with Gasteiger partial charge < -0.3 is 4.74 Å². The van der Waals surface area contributed by atoms with E-state index in [1.165, 1.54) is 11.8 Å². The molecule has 0 fully saturated rings. The average Bonchev–Trinajstić information content (AvgIpc) is 2.55. The molecule has 4 nitrogen and oxygen atoms in total. The van der Waals surface area contributed by atoms with E-state index < -0.39 is 0 Å². The number of nitrogens with zero attached hydrogens (tertiary/aromatic N) is 3. The van der Waals surface area contributed by atoms with Crippen molar-refractivity contribution in [3.8, 4) is 11.8 Å². The fraction of sp³-hybridized carbons (Fsp3) is 0.133. The lowest BCUT2D eigenvalue weighted by molar-refractivity contribution is 0.415. The van der Waals surface area contributed by atoms with Gasteiger partial charge in [0.25, 0.3) is 0 Å². The third kappa shape index (κ3) is 3.94. The van der Waals surface area contributed by atoms with Gasteiger partial charge in [0.05, 0.1) is 24.6 Å². The van der Waals surface area contributed by atoms with Gasteiger partial charge in [-0.25, -0.2) is 0 Å². The summed E-state index contributed by atoms with van der Waals surface area (Å²) in [5.41, 5.74) is 1.82. The number of anilines is 2. The van der Waals surface area contributed by atoms with Crippen LogP contribution >= 0.6 is 24.0 Å². The second-order valence-electron chi connectivity index (χ2n) is 3.95. The molecule has 0 saturated carbocycles. The molecule has 0 amide bonds. The van der Waals surface area contributed by atoms with Crippen LogP contribution in [0, 0.1) is 11.3 Å². The number of hydrogen-bond donors (Lipinski definition) is 0. The summed E-state index contributed by atoms with van der Waals surface area (Å²) < 4.78 is 5.79. The molecule has 0 saturated heterocycles. The molecule has 2 aromatic rings. The minimum Gasteiger partial charge on any atom is -0.497 e. The largest absolute Gasteiger partial charge is 0.497 e. The number of hydrogen-bond acceptors (Lipinski definition) is 5. The summed E-state index contributed by atoms with van der Waals surface area (Å²) in [6.45, 7) is 0. The zero-order valence-corrected chi connectivity index (χ0v) is 13.0. The van der Waals surface area contributed by atoms with E-state index in [0.717, 1.165) is 17.1 Å². The lowest BCUT2D eigenvalue weighted by Crippen LogP contribution is -2.21. The third-order valence-corrected chi connectivity index (χ3v) is 3.93. The lowest BCUT2D eigenvalue weighted by atomic mass is 10.2. The van der Waals surface area contributed by atoms with Crippen LogP contribution in [0.4, 0.5) is 11.4 Å². The van der Waals surface area contributed by atoms with Crippen LogP contribution in [-0.2, 0) is 0 Å². The number of rotatable bonds is 4. The van der Waals surface area contributed by atoms with Crippen LogP contribution in [0.3, 0.4) is 0 Å². The Balaban J connectivity index is 2.35. The van der Waals surface area contributed by atoms with Gasteiger partial charge in [-0.05, 0) is 36.4 Å². The van der Waals surface area contributed by atoms with Crippen molar-refractivity contribution in [1.29, 1.82) is 5.26 Å².